The molecule has 1 heterocycles. The largest absolute Gasteiger partial charge is 0.337 e. The van der Waals surface area contributed by atoms with E-state index in [0.717, 1.165) is 12.8 Å². The van der Waals surface area contributed by atoms with E-state index in [9.17, 15) is 10.1 Å². The molecular weight excluding hydrogens is 276 g/mol. The molecule has 1 unspecified atom stereocenters. The van der Waals surface area contributed by atoms with Crippen molar-refractivity contribution in [1.82, 2.24) is 25.5 Å². The maximum absolute atomic E-state index is 12.0. The number of tetrazole rings is 1. The van der Waals surface area contributed by atoms with Gasteiger partial charge in [-0.3, -0.25) is 4.79 Å². The van der Waals surface area contributed by atoms with Gasteiger partial charge in [0.15, 0.2) is 0 Å². The molecule has 1 aliphatic carbocycles. The molecule has 8 heteroatoms. The van der Waals surface area contributed by atoms with Gasteiger partial charge in [-0.1, -0.05) is 11.8 Å². The fraction of sp³-hybridized carbons (Fsp3) is 0.750. The van der Waals surface area contributed by atoms with E-state index < -0.39 is 5.54 Å². The minimum atomic E-state index is -0.748. The monoisotopic (exact) mass is 294 g/mol. The van der Waals surface area contributed by atoms with Gasteiger partial charge in [-0.2, -0.15) is 5.26 Å². The van der Waals surface area contributed by atoms with E-state index in [1.54, 1.807) is 11.6 Å². The zero-order chi connectivity index (χ0) is 14.8. The normalized spacial score (nSPS) is 17.6. The van der Waals surface area contributed by atoms with Crippen molar-refractivity contribution >= 4 is 17.7 Å². The van der Waals surface area contributed by atoms with E-state index in [4.69, 9.17) is 0 Å². The van der Waals surface area contributed by atoms with E-state index >= 15 is 0 Å². The van der Waals surface area contributed by atoms with Gasteiger partial charge in [0.2, 0.25) is 11.1 Å². The fourth-order valence-corrected chi connectivity index (χ4v) is 2.75. The van der Waals surface area contributed by atoms with Crippen molar-refractivity contribution in [3.8, 4) is 6.07 Å². The highest BCUT2D eigenvalue weighted by Crippen LogP contribution is 2.39. The maximum atomic E-state index is 12.0. The first kappa shape index (κ1) is 14.8. The molecule has 1 aromatic rings. The standard InChI is InChI=1S/C12H18N6OS/c1-8(2)18-11(15-16-17-18)20-6-10(19)14-12(3,7-13)9-4-5-9/h8-9H,4-6H2,1-3H3,(H,14,19). The van der Waals surface area contributed by atoms with Crippen LogP contribution in [-0.2, 0) is 4.79 Å². The third kappa shape index (κ3) is 3.28. The van der Waals surface area contributed by atoms with E-state index in [-0.39, 0.29) is 23.6 Å². The minimum absolute atomic E-state index is 0.145. The maximum Gasteiger partial charge on any atom is 0.231 e. The highest BCUT2D eigenvalue weighted by atomic mass is 32.2. The number of carbonyl (C=O) groups excluding carboxylic acids is 1. The minimum Gasteiger partial charge on any atom is -0.337 e. The summed E-state index contributed by atoms with van der Waals surface area (Å²) in [4.78, 5) is 12.0. The molecular formula is C12H18N6OS. The number of hydrogen-bond acceptors (Lipinski definition) is 6. The molecule has 1 aliphatic rings. The van der Waals surface area contributed by atoms with Crippen LogP contribution < -0.4 is 5.32 Å². The Bertz CT molecular complexity index is 532. The lowest BCUT2D eigenvalue weighted by Gasteiger charge is -2.22. The van der Waals surface area contributed by atoms with Gasteiger partial charge in [0.25, 0.3) is 0 Å². The lowest BCUT2D eigenvalue weighted by molar-refractivity contribution is -0.119. The predicted octanol–water partition coefficient (Wildman–Crippen LogP) is 1.15. The van der Waals surface area contributed by atoms with E-state index in [0.29, 0.717) is 5.16 Å². The van der Waals surface area contributed by atoms with Crippen LogP contribution in [0.25, 0.3) is 0 Å². The van der Waals surface area contributed by atoms with Crippen LogP contribution in [0.4, 0.5) is 0 Å². The summed E-state index contributed by atoms with van der Waals surface area (Å²) in [5.41, 5.74) is -0.748. The number of amides is 1. The van der Waals surface area contributed by atoms with Crippen molar-refractivity contribution in [3.05, 3.63) is 0 Å². The number of nitrogens with one attached hydrogen (secondary N) is 1. The third-order valence-electron chi connectivity index (χ3n) is 3.31. The van der Waals surface area contributed by atoms with Crippen molar-refractivity contribution in [2.24, 2.45) is 5.92 Å². The fourth-order valence-electron chi connectivity index (χ4n) is 1.94. The number of thioether (sulfide) groups is 1. The molecule has 0 spiro atoms. The van der Waals surface area contributed by atoms with E-state index in [1.807, 2.05) is 13.8 Å². The first-order valence-corrected chi connectivity index (χ1v) is 7.57. The van der Waals surface area contributed by atoms with Crippen LogP contribution in [-0.4, -0.2) is 37.4 Å². The summed E-state index contributed by atoms with van der Waals surface area (Å²) in [5.74, 6) is 0.323. The lowest BCUT2D eigenvalue weighted by Crippen LogP contribution is -2.47. The average Bonchev–Trinajstić information content (AvgIpc) is 3.15. The smallest absolute Gasteiger partial charge is 0.231 e. The van der Waals surface area contributed by atoms with Gasteiger partial charge in [-0.15, -0.1) is 5.10 Å². The van der Waals surface area contributed by atoms with Crippen molar-refractivity contribution in [2.45, 2.75) is 50.4 Å². The van der Waals surface area contributed by atoms with Crippen LogP contribution >= 0.6 is 11.8 Å². The second kappa shape index (κ2) is 5.79. The van der Waals surface area contributed by atoms with Crippen LogP contribution in [0, 0.1) is 17.2 Å². The molecule has 0 bridgehead atoms. The molecule has 1 N–H and O–H groups in total. The highest BCUT2D eigenvalue weighted by molar-refractivity contribution is 7.99. The summed E-state index contributed by atoms with van der Waals surface area (Å²) >= 11 is 1.28. The van der Waals surface area contributed by atoms with Crippen LogP contribution in [0.5, 0.6) is 0 Å². The van der Waals surface area contributed by atoms with Crippen molar-refractivity contribution < 1.29 is 4.79 Å². The van der Waals surface area contributed by atoms with Gasteiger partial charge in [0.1, 0.15) is 5.54 Å². The Hall–Kier alpha value is -1.62. The Labute approximate surface area is 122 Å². The molecule has 20 heavy (non-hydrogen) atoms. The number of aromatic nitrogens is 4. The SMILES string of the molecule is CC(C)n1nnnc1SCC(=O)NC(C)(C#N)C1CC1. The molecule has 1 aromatic heterocycles. The number of nitrogens with zero attached hydrogens (tertiary/aromatic N) is 5. The molecule has 0 aromatic carbocycles. The second-order valence-corrected chi connectivity index (χ2v) is 6.37. The summed E-state index contributed by atoms with van der Waals surface area (Å²) in [7, 11) is 0. The Balaban J connectivity index is 1.89. The summed E-state index contributed by atoms with van der Waals surface area (Å²) in [5, 5.41) is 24.0. The quantitative estimate of drug-likeness (QED) is 0.791. The summed E-state index contributed by atoms with van der Waals surface area (Å²) in [6.07, 6.45) is 2.01. The van der Waals surface area contributed by atoms with Crippen molar-refractivity contribution in [1.29, 1.82) is 5.26 Å². The first-order valence-electron chi connectivity index (χ1n) is 6.59. The van der Waals surface area contributed by atoms with Gasteiger partial charge in [0, 0.05) is 0 Å². The highest BCUT2D eigenvalue weighted by Gasteiger charge is 2.42. The topological polar surface area (TPSA) is 96.5 Å². The molecule has 0 saturated heterocycles. The Morgan fingerprint density at radius 2 is 2.35 bits per heavy atom. The number of rotatable bonds is 6. The second-order valence-electron chi connectivity index (χ2n) is 5.43. The summed E-state index contributed by atoms with van der Waals surface area (Å²) in [6.45, 7) is 5.73. The van der Waals surface area contributed by atoms with Crippen LogP contribution in [0.1, 0.15) is 39.7 Å². The molecule has 1 atom stereocenters. The zero-order valence-corrected chi connectivity index (χ0v) is 12.6. The third-order valence-corrected chi connectivity index (χ3v) is 4.24. The van der Waals surface area contributed by atoms with Gasteiger partial charge in [0.05, 0.1) is 17.9 Å². The molecule has 2 rings (SSSR count). The zero-order valence-electron chi connectivity index (χ0n) is 11.8. The Morgan fingerprint density at radius 1 is 1.65 bits per heavy atom. The van der Waals surface area contributed by atoms with Gasteiger partial charge < -0.3 is 5.32 Å². The summed E-state index contributed by atoms with van der Waals surface area (Å²) < 4.78 is 1.67. The Kier molecular flexibility index (Phi) is 4.28. The van der Waals surface area contributed by atoms with Gasteiger partial charge in [-0.25, -0.2) is 4.68 Å². The predicted molar refractivity (Wildman–Crippen MR) is 73.8 cm³/mol. The number of nitriles is 1. The number of hydrogen-bond donors (Lipinski definition) is 1. The Morgan fingerprint density at radius 3 is 2.90 bits per heavy atom. The molecule has 108 valence electrons. The van der Waals surface area contributed by atoms with Crippen LogP contribution in [0.15, 0.2) is 5.16 Å². The molecule has 7 nitrogen and oxygen atoms in total. The van der Waals surface area contributed by atoms with Gasteiger partial charge >= 0.3 is 0 Å². The summed E-state index contributed by atoms with van der Waals surface area (Å²) in [6, 6.07) is 2.35. The van der Waals surface area contributed by atoms with E-state index in [2.05, 4.69) is 26.9 Å². The molecule has 1 fully saturated rings. The van der Waals surface area contributed by atoms with Crippen molar-refractivity contribution in [2.75, 3.05) is 5.75 Å². The van der Waals surface area contributed by atoms with Crippen LogP contribution in [0.3, 0.4) is 0 Å². The number of carbonyl (C=O) groups is 1. The first-order chi connectivity index (χ1) is 9.46. The van der Waals surface area contributed by atoms with Gasteiger partial charge in [-0.05, 0) is 50.0 Å². The van der Waals surface area contributed by atoms with Crippen molar-refractivity contribution in [3.63, 3.8) is 0 Å². The molecule has 0 aliphatic heterocycles. The molecule has 1 saturated carbocycles. The lowest BCUT2D eigenvalue weighted by atomic mass is 9.98. The molecule has 0 radical (unpaired) electrons. The van der Waals surface area contributed by atoms with Crippen LogP contribution in [0.2, 0.25) is 0 Å². The molecule has 1 amide bonds. The van der Waals surface area contributed by atoms with E-state index in [1.165, 1.54) is 11.8 Å². The average molecular weight is 294 g/mol.